The molecular weight excluding hydrogens is 241 g/mol. The average Bonchev–Trinajstić information content (AvgIpc) is 2.14. The van der Waals surface area contributed by atoms with Crippen LogP contribution in [0, 0.1) is 11.3 Å². The molecule has 0 saturated carbocycles. The van der Waals surface area contributed by atoms with Crippen LogP contribution in [0.1, 0.15) is 11.3 Å². The highest BCUT2D eigenvalue weighted by Crippen LogP contribution is 2.24. The molecule has 0 aliphatic carbocycles. The summed E-state index contributed by atoms with van der Waals surface area (Å²) < 4.78 is 39.4. The summed E-state index contributed by atoms with van der Waals surface area (Å²) in [5.74, 6) is -2.20. The molecule has 0 bridgehead atoms. The van der Waals surface area contributed by atoms with Crippen LogP contribution < -0.4 is 4.74 Å². The van der Waals surface area contributed by atoms with Crippen molar-refractivity contribution in [3.8, 4) is 11.9 Å². The molecule has 1 aromatic rings. The van der Waals surface area contributed by atoms with Crippen molar-refractivity contribution in [1.82, 2.24) is 4.98 Å². The summed E-state index contributed by atoms with van der Waals surface area (Å²) in [4.78, 5) is 13.7. The van der Waals surface area contributed by atoms with E-state index in [1.54, 1.807) is 0 Å². The second-order valence-electron chi connectivity index (χ2n) is 2.89. The highest BCUT2D eigenvalue weighted by Gasteiger charge is 2.33. The molecule has 8 heteroatoms. The summed E-state index contributed by atoms with van der Waals surface area (Å²) in [6.07, 6.45) is -5.54. The van der Waals surface area contributed by atoms with Gasteiger partial charge in [0.2, 0.25) is 5.88 Å². The van der Waals surface area contributed by atoms with Crippen LogP contribution in [0.25, 0.3) is 0 Å². The van der Waals surface area contributed by atoms with Crippen LogP contribution in [-0.4, -0.2) is 22.4 Å². The fourth-order valence-corrected chi connectivity index (χ4v) is 1.00. The molecule has 0 amide bonds. The molecule has 0 aliphatic heterocycles. The first-order chi connectivity index (χ1) is 7.81. The molecule has 1 N–H and O–H groups in total. The van der Waals surface area contributed by atoms with Gasteiger partial charge in [0.05, 0.1) is 12.1 Å². The maximum Gasteiger partial charge on any atom is 0.574 e. The molecule has 5 nitrogen and oxygen atoms in total. The van der Waals surface area contributed by atoms with Gasteiger partial charge in [0, 0.05) is 0 Å². The van der Waals surface area contributed by atoms with Gasteiger partial charge in [0.25, 0.3) is 0 Å². The number of hydrogen-bond acceptors (Lipinski definition) is 4. The molecule has 0 atom stereocenters. The number of nitrogens with zero attached hydrogens (tertiary/aromatic N) is 2. The molecule has 0 aromatic carbocycles. The number of carboxylic acid groups (broad SMARTS) is 1. The summed E-state index contributed by atoms with van der Waals surface area (Å²) >= 11 is 0. The number of alkyl halides is 3. The Hall–Kier alpha value is -2.30. The molecule has 1 heterocycles. The van der Waals surface area contributed by atoms with E-state index in [-0.39, 0.29) is 5.69 Å². The second-order valence-corrected chi connectivity index (χ2v) is 2.89. The van der Waals surface area contributed by atoms with Gasteiger partial charge >= 0.3 is 12.3 Å². The maximum atomic E-state index is 12.0. The third-order valence-electron chi connectivity index (χ3n) is 1.58. The maximum absolute atomic E-state index is 12.0. The SMILES string of the molecule is N#Cc1ccc(CC(=O)O)nc1OC(F)(F)F. The van der Waals surface area contributed by atoms with Gasteiger partial charge in [0.15, 0.2) is 0 Å². The Kier molecular flexibility index (Phi) is 3.52. The van der Waals surface area contributed by atoms with Crippen molar-refractivity contribution in [2.75, 3.05) is 0 Å². The molecule has 90 valence electrons. The van der Waals surface area contributed by atoms with Crippen LogP contribution in [-0.2, 0) is 11.2 Å². The molecule has 0 radical (unpaired) electrons. The van der Waals surface area contributed by atoms with Crippen LogP contribution in [0.5, 0.6) is 5.88 Å². The van der Waals surface area contributed by atoms with Crippen LogP contribution in [0.4, 0.5) is 13.2 Å². The fourth-order valence-electron chi connectivity index (χ4n) is 1.00. The zero-order chi connectivity index (χ0) is 13.1. The van der Waals surface area contributed by atoms with Crippen molar-refractivity contribution >= 4 is 5.97 Å². The normalized spacial score (nSPS) is 10.7. The molecule has 1 rings (SSSR count). The molecule has 17 heavy (non-hydrogen) atoms. The van der Waals surface area contributed by atoms with Gasteiger partial charge in [-0.3, -0.25) is 4.79 Å². The summed E-state index contributed by atoms with van der Waals surface area (Å²) in [7, 11) is 0. The first kappa shape index (κ1) is 12.8. The number of carbonyl (C=O) groups is 1. The lowest BCUT2D eigenvalue weighted by Gasteiger charge is -2.09. The Morgan fingerprint density at radius 1 is 1.53 bits per heavy atom. The van der Waals surface area contributed by atoms with E-state index in [0.717, 1.165) is 12.1 Å². The lowest BCUT2D eigenvalue weighted by Crippen LogP contribution is -2.19. The Morgan fingerprint density at radius 2 is 2.18 bits per heavy atom. The topological polar surface area (TPSA) is 83.2 Å². The summed E-state index contributed by atoms with van der Waals surface area (Å²) in [5.41, 5.74) is -0.549. The third-order valence-corrected chi connectivity index (χ3v) is 1.58. The number of aromatic nitrogens is 1. The quantitative estimate of drug-likeness (QED) is 0.873. The molecule has 0 unspecified atom stereocenters. The van der Waals surface area contributed by atoms with E-state index in [1.807, 2.05) is 0 Å². The molecule has 1 aromatic heterocycles. The summed E-state index contributed by atoms with van der Waals surface area (Å²) in [6, 6.07) is 3.63. The number of ether oxygens (including phenoxy) is 1. The number of hydrogen-bond donors (Lipinski definition) is 1. The Morgan fingerprint density at radius 3 is 2.65 bits per heavy atom. The number of halogens is 3. The standard InChI is InChI=1S/C9H5F3N2O3/c10-9(11,12)17-8-5(4-13)1-2-6(14-8)3-7(15)16/h1-2H,3H2,(H,15,16). The average molecular weight is 246 g/mol. The van der Waals surface area contributed by atoms with Crippen molar-refractivity contribution in [3.05, 3.63) is 23.4 Å². The van der Waals surface area contributed by atoms with E-state index in [2.05, 4.69) is 9.72 Å². The minimum atomic E-state index is -4.99. The monoisotopic (exact) mass is 246 g/mol. The number of nitriles is 1. The largest absolute Gasteiger partial charge is 0.574 e. The van der Waals surface area contributed by atoms with E-state index >= 15 is 0 Å². The number of pyridine rings is 1. The van der Waals surface area contributed by atoms with Crippen LogP contribution in [0.3, 0.4) is 0 Å². The minimum absolute atomic E-state index is 0.129. The first-order valence-corrected chi connectivity index (χ1v) is 4.19. The van der Waals surface area contributed by atoms with Gasteiger partial charge < -0.3 is 9.84 Å². The van der Waals surface area contributed by atoms with Crippen molar-refractivity contribution < 1.29 is 27.8 Å². The molecule has 0 aliphatic rings. The zero-order valence-electron chi connectivity index (χ0n) is 8.15. The smallest absolute Gasteiger partial charge is 0.481 e. The van der Waals surface area contributed by atoms with E-state index in [4.69, 9.17) is 10.4 Å². The van der Waals surface area contributed by atoms with Gasteiger partial charge in [-0.2, -0.15) is 5.26 Å². The summed E-state index contributed by atoms with van der Waals surface area (Å²) in [5, 5.41) is 17.0. The van der Waals surface area contributed by atoms with Crippen molar-refractivity contribution in [2.24, 2.45) is 0 Å². The van der Waals surface area contributed by atoms with Gasteiger partial charge in [-0.15, -0.1) is 13.2 Å². The molecule has 0 saturated heterocycles. The van der Waals surface area contributed by atoms with Gasteiger partial charge in [0.1, 0.15) is 11.6 Å². The summed E-state index contributed by atoms with van der Waals surface area (Å²) in [6.45, 7) is 0. The Bertz CT molecular complexity index is 479. The van der Waals surface area contributed by atoms with E-state index in [9.17, 15) is 18.0 Å². The Balaban J connectivity index is 3.07. The lowest BCUT2D eigenvalue weighted by atomic mass is 10.2. The lowest BCUT2D eigenvalue weighted by molar-refractivity contribution is -0.276. The fraction of sp³-hybridized carbons (Fsp3) is 0.222. The van der Waals surface area contributed by atoms with Crippen LogP contribution in [0.15, 0.2) is 12.1 Å². The number of carboxylic acids is 1. The van der Waals surface area contributed by atoms with E-state index < -0.39 is 30.2 Å². The van der Waals surface area contributed by atoms with Crippen LogP contribution in [0.2, 0.25) is 0 Å². The van der Waals surface area contributed by atoms with Crippen molar-refractivity contribution in [3.63, 3.8) is 0 Å². The van der Waals surface area contributed by atoms with Crippen molar-refractivity contribution in [2.45, 2.75) is 12.8 Å². The zero-order valence-corrected chi connectivity index (χ0v) is 8.15. The predicted molar refractivity (Wildman–Crippen MR) is 47.0 cm³/mol. The Labute approximate surface area is 93.1 Å². The van der Waals surface area contributed by atoms with Gasteiger partial charge in [-0.05, 0) is 12.1 Å². The minimum Gasteiger partial charge on any atom is -0.481 e. The molecular formula is C9H5F3N2O3. The highest BCUT2D eigenvalue weighted by molar-refractivity contribution is 5.69. The van der Waals surface area contributed by atoms with Crippen LogP contribution >= 0.6 is 0 Å². The van der Waals surface area contributed by atoms with E-state index in [1.165, 1.54) is 6.07 Å². The van der Waals surface area contributed by atoms with E-state index in [0.29, 0.717) is 0 Å². The number of rotatable bonds is 3. The molecule has 0 spiro atoms. The predicted octanol–water partition coefficient (Wildman–Crippen LogP) is 1.48. The van der Waals surface area contributed by atoms with Gasteiger partial charge in [-0.25, -0.2) is 4.98 Å². The highest BCUT2D eigenvalue weighted by atomic mass is 19.4. The second kappa shape index (κ2) is 4.69. The van der Waals surface area contributed by atoms with Gasteiger partial charge in [-0.1, -0.05) is 0 Å². The number of aliphatic carboxylic acids is 1. The van der Waals surface area contributed by atoms with Crippen molar-refractivity contribution in [1.29, 1.82) is 5.26 Å². The first-order valence-electron chi connectivity index (χ1n) is 4.19. The third kappa shape index (κ3) is 3.98. The molecule has 0 fully saturated rings.